The molecule has 3 rings (SSSR count). The maximum atomic E-state index is 12.8. The molecular formula is C18H20O3S. The molecule has 2 aromatic carbocycles. The number of aryl methyl sites for hydroxylation is 2. The molecule has 1 aliphatic rings. The third-order valence-electron chi connectivity index (χ3n) is 4.48. The second-order valence-corrected chi connectivity index (χ2v) is 8.21. The summed E-state index contributed by atoms with van der Waals surface area (Å²) in [7, 11) is -3.41. The summed E-state index contributed by atoms with van der Waals surface area (Å²) in [5.41, 5.74) is 3.16. The van der Waals surface area contributed by atoms with Gasteiger partial charge < -0.3 is 5.11 Å². The summed E-state index contributed by atoms with van der Waals surface area (Å²) in [5.74, 6) is -0.328. The van der Waals surface area contributed by atoms with Gasteiger partial charge in [-0.3, -0.25) is 0 Å². The van der Waals surface area contributed by atoms with Gasteiger partial charge in [0, 0.05) is 18.4 Å². The van der Waals surface area contributed by atoms with Gasteiger partial charge in [0.05, 0.1) is 10.1 Å². The van der Waals surface area contributed by atoms with Crippen molar-refractivity contribution in [3.05, 3.63) is 65.2 Å². The van der Waals surface area contributed by atoms with Gasteiger partial charge in [-0.1, -0.05) is 47.5 Å². The summed E-state index contributed by atoms with van der Waals surface area (Å²) in [4.78, 5) is 0.344. The zero-order valence-electron chi connectivity index (χ0n) is 12.7. The first-order valence-electron chi connectivity index (χ1n) is 7.43. The standard InChI is InChI=1S/C18H20O3S/c1-12-3-7-14(8-4-12)17-16(11-19)18(17)22(20,21)15-9-5-13(2)6-10-15/h3-10,16-19H,11H2,1-2H3/t16-,17+,18+/m0/s1. The maximum absolute atomic E-state index is 12.8. The van der Waals surface area contributed by atoms with Gasteiger partial charge in [0.15, 0.2) is 9.84 Å². The van der Waals surface area contributed by atoms with Gasteiger partial charge in [0.2, 0.25) is 0 Å². The summed E-state index contributed by atoms with van der Waals surface area (Å²) >= 11 is 0. The van der Waals surface area contributed by atoms with Gasteiger partial charge in [-0.05, 0) is 31.5 Å². The quantitative estimate of drug-likeness (QED) is 0.943. The van der Waals surface area contributed by atoms with E-state index in [1.165, 1.54) is 0 Å². The van der Waals surface area contributed by atoms with Crippen LogP contribution < -0.4 is 0 Å². The Balaban J connectivity index is 1.93. The Morgan fingerprint density at radius 2 is 1.41 bits per heavy atom. The van der Waals surface area contributed by atoms with Crippen LogP contribution in [0.2, 0.25) is 0 Å². The first-order valence-corrected chi connectivity index (χ1v) is 8.98. The Hall–Kier alpha value is -1.65. The van der Waals surface area contributed by atoms with Gasteiger partial charge in [0.25, 0.3) is 0 Å². The van der Waals surface area contributed by atoms with E-state index in [0.717, 1.165) is 16.7 Å². The molecule has 116 valence electrons. The largest absolute Gasteiger partial charge is 0.396 e. The minimum absolute atomic E-state index is 0.103. The average Bonchev–Trinajstić information content (AvgIpc) is 3.24. The topological polar surface area (TPSA) is 54.4 Å². The minimum atomic E-state index is -3.41. The van der Waals surface area contributed by atoms with Crippen molar-refractivity contribution in [1.29, 1.82) is 0 Å². The summed E-state index contributed by atoms with van der Waals surface area (Å²) in [6.07, 6.45) is 0. The molecule has 0 amide bonds. The zero-order chi connectivity index (χ0) is 15.9. The lowest BCUT2D eigenvalue weighted by atomic mass is 10.1. The van der Waals surface area contributed by atoms with Crippen LogP contribution in [0.25, 0.3) is 0 Å². The molecule has 0 heterocycles. The molecule has 0 aliphatic heterocycles. The van der Waals surface area contributed by atoms with Crippen LogP contribution in [0, 0.1) is 19.8 Å². The number of aliphatic hydroxyl groups excluding tert-OH is 1. The molecule has 0 bridgehead atoms. The average molecular weight is 316 g/mol. The molecule has 1 aliphatic carbocycles. The molecule has 0 aromatic heterocycles. The van der Waals surface area contributed by atoms with Crippen molar-refractivity contribution in [2.45, 2.75) is 29.9 Å². The van der Waals surface area contributed by atoms with E-state index in [0.29, 0.717) is 4.90 Å². The van der Waals surface area contributed by atoms with Crippen molar-refractivity contribution < 1.29 is 13.5 Å². The van der Waals surface area contributed by atoms with Crippen molar-refractivity contribution in [3.63, 3.8) is 0 Å². The van der Waals surface area contributed by atoms with Crippen molar-refractivity contribution in [2.24, 2.45) is 5.92 Å². The highest BCUT2D eigenvalue weighted by Crippen LogP contribution is 2.53. The molecule has 22 heavy (non-hydrogen) atoms. The van der Waals surface area contributed by atoms with Crippen LogP contribution in [0.1, 0.15) is 22.6 Å². The Morgan fingerprint density at radius 1 is 0.909 bits per heavy atom. The van der Waals surface area contributed by atoms with E-state index in [9.17, 15) is 13.5 Å². The van der Waals surface area contributed by atoms with Crippen molar-refractivity contribution >= 4 is 9.84 Å². The van der Waals surface area contributed by atoms with E-state index in [1.807, 2.05) is 50.2 Å². The molecule has 0 radical (unpaired) electrons. The predicted molar refractivity (Wildman–Crippen MR) is 86.6 cm³/mol. The highest BCUT2D eigenvalue weighted by atomic mass is 32.2. The van der Waals surface area contributed by atoms with Gasteiger partial charge in [0.1, 0.15) is 0 Å². The fourth-order valence-corrected chi connectivity index (χ4v) is 5.29. The van der Waals surface area contributed by atoms with E-state index in [1.54, 1.807) is 12.1 Å². The molecule has 1 fully saturated rings. The van der Waals surface area contributed by atoms with Crippen LogP contribution >= 0.6 is 0 Å². The van der Waals surface area contributed by atoms with Gasteiger partial charge in [-0.2, -0.15) is 0 Å². The first kappa shape index (κ1) is 15.3. The number of rotatable bonds is 4. The Kier molecular flexibility index (Phi) is 3.83. The molecule has 3 nitrogen and oxygen atoms in total. The van der Waals surface area contributed by atoms with E-state index in [-0.39, 0.29) is 18.4 Å². The monoisotopic (exact) mass is 316 g/mol. The highest BCUT2D eigenvalue weighted by Gasteiger charge is 2.58. The van der Waals surface area contributed by atoms with Gasteiger partial charge in [-0.25, -0.2) is 8.42 Å². The Bertz CT molecular complexity index is 761. The fourth-order valence-electron chi connectivity index (χ4n) is 3.09. The third-order valence-corrected chi connectivity index (χ3v) is 6.77. The molecule has 4 heteroatoms. The fraction of sp³-hybridized carbons (Fsp3) is 0.333. The smallest absolute Gasteiger partial charge is 0.182 e. The van der Waals surface area contributed by atoms with E-state index in [2.05, 4.69) is 0 Å². The number of aliphatic hydroxyl groups is 1. The third kappa shape index (κ3) is 2.57. The van der Waals surface area contributed by atoms with Crippen molar-refractivity contribution in [3.8, 4) is 0 Å². The van der Waals surface area contributed by atoms with Crippen LogP contribution in [0.5, 0.6) is 0 Å². The lowest BCUT2D eigenvalue weighted by molar-refractivity contribution is 0.274. The molecule has 1 N–H and O–H groups in total. The lowest BCUT2D eigenvalue weighted by Crippen LogP contribution is -2.11. The van der Waals surface area contributed by atoms with E-state index >= 15 is 0 Å². The minimum Gasteiger partial charge on any atom is -0.396 e. The molecule has 1 saturated carbocycles. The predicted octanol–water partition coefficient (Wildman–Crippen LogP) is 2.85. The zero-order valence-corrected chi connectivity index (χ0v) is 13.5. The van der Waals surface area contributed by atoms with Crippen molar-refractivity contribution in [1.82, 2.24) is 0 Å². The Morgan fingerprint density at radius 3 is 1.91 bits per heavy atom. The number of benzene rings is 2. The number of sulfone groups is 1. The molecular weight excluding hydrogens is 296 g/mol. The number of hydrogen-bond acceptors (Lipinski definition) is 3. The van der Waals surface area contributed by atoms with Crippen molar-refractivity contribution in [2.75, 3.05) is 6.61 Å². The lowest BCUT2D eigenvalue weighted by Gasteiger charge is -2.05. The molecule has 3 atom stereocenters. The SMILES string of the molecule is Cc1ccc([C@@H]2[C@H](CO)[C@H]2S(=O)(=O)c2ccc(C)cc2)cc1. The van der Waals surface area contributed by atoms with Crippen LogP contribution in [0.3, 0.4) is 0 Å². The van der Waals surface area contributed by atoms with Crippen LogP contribution in [-0.2, 0) is 9.84 Å². The molecule has 2 aromatic rings. The van der Waals surface area contributed by atoms with Crippen LogP contribution in [0.4, 0.5) is 0 Å². The second-order valence-electron chi connectivity index (χ2n) is 6.11. The van der Waals surface area contributed by atoms with Crippen LogP contribution in [-0.4, -0.2) is 25.4 Å². The Labute approximate surface area is 131 Å². The second kappa shape index (κ2) is 5.52. The summed E-state index contributed by atoms with van der Waals surface area (Å²) in [6.45, 7) is 3.83. The van der Waals surface area contributed by atoms with E-state index in [4.69, 9.17) is 0 Å². The van der Waals surface area contributed by atoms with Crippen LogP contribution in [0.15, 0.2) is 53.4 Å². The van der Waals surface area contributed by atoms with E-state index < -0.39 is 15.1 Å². The number of hydrogen-bond donors (Lipinski definition) is 1. The maximum Gasteiger partial charge on any atom is 0.182 e. The molecule has 0 spiro atoms. The normalized spacial score (nSPS) is 24.2. The first-order chi connectivity index (χ1) is 10.4. The van der Waals surface area contributed by atoms with Gasteiger partial charge >= 0.3 is 0 Å². The summed E-state index contributed by atoms with van der Waals surface area (Å²) in [6, 6.07) is 14.8. The molecule has 0 unspecified atom stereocenters. The summed E-state index contributed by atoms with van der Waals surface area (Å²) in [5, 5.41) is 9.03. The molecule has 0 saturated heterocycles. The highest BCUT2D eigenvalue weighted by molar-refractivity contribution is 7.92. The van der Waals surface area contributed by atoms with Gasteiger partial charge in [-0.15, -0.1) is 0 Å². The summed E-state index contributed by atoms with van der Waals surface area (Å²) < 4.78 is 25.6.